The molecule has 1 heterocycles. The number of H-pyrrole nitrogens is 1. The lowest BCUT2D eigenvalue weighted by Crippen LogP contribution is -2.18. The molecule has 0 aliphatic rings. The smallest absolute Gasteiger partial charge is 0.266 e. The fraction of sp³-hybridized carbons (Fsp3) is 0.333. The van der Waals surface area contributed by atoms with Gasteiger partial charge in [-0.1, -0.05) is 0 Å². The number of rotatable bonds is 2. The molecule has 3 N–H and O–H groups in total. The molecule has 0 atom stereocenters. The van der Waals surface area contributed by atoms with E-state index in [0.29, 0.717) is 16.9 Å². The van der Waals surface area contributed by atoms with Gasteiger partial charge in [-0.25, -0.2) is 0 Å². The molecule has 0 unspecified atom stereocenters. The van der Waals surface area contributed by atoms with Crippen LogP contribution in [0.25, 0.3) is 0 Å². The highest BCUT2D eigenvalue weighted by Crippen LogP contribution is 2.16. The van der Waals surface area contributed by atoms with Gasteiger partial charge < -0.3 is 15.5 Å². The van der Waals surface area contributed by atoms with Crippen molar-refractivity contribution in [2.24, 2.45) is 0 Å². The molecule has 0 saturated carbocycles. The number of methoxy groups -OCH3 is 1. The van der Waals surface area contributed by atoms with Crippen LogP contribution >= 0.6 is 0 Å². The summed E-state index contributed by atoms with van der Waals surface area (Å²) in [5.41, 5.74) is 6.73. The minimum atomic E-state index is -0.425. The van der Waals surface area contributed by atoms with Gasteiger partial charge in [-0.05, 0) is 6.92 Å². The number of nitrogens with zero attached hydrogens (tertiary/aromatic N) is 1. The van der Waals surface area contributed by atoms with Crippen LogP contribution in [0.2, 0.25) is 0 Å². The number of nitrogens with one attached hydrogen (secondary N) is 1. The maximum atomic E-state index is 11.3. The molecule has 1 aromatic rings. The van der Waals surface area contributed by atoms with E-state index in [1.165, 1.54) is 7.11 Å². The van der Waals surface area contributed by atoms with E-state index in [4.69, 9.17) is 15.7 Å². The number of aryl methyl sites for hydroxylation is 1. The first-order chi connectivity index (χ1) is 6.61. The van der Waals surface area contributed by atoms with Gasteiger partial charge in [-0.3, -0.25) is 4.79 Å². The molecule has 5 nitrogen and oxygen atoms in total. The highest BCUT2D eigenvalue weighted by molar-refractivity contribution is 5.56. The quantitative estimate of drug-likeness (QED) is 0.705. The van der Waals surface area contributed by atoms with E-state index in [-0.39, 0.29) is 12.2 Å². The van der Waals surface area contributed by atoms with E-state index in [1.54, 1.807) is 6.92 Å². The molecule has 0 fully saturated rings. The number of nitrogens with two attached hydrogens (primary N) is 1. The third kappa shape index (κ3) is 1.60. The van der Waals surface area contributed by atoms with E-state index in [0.717, 1.165) is 0 Å². The second-order valence-electron chi connectivity index (χ2n) is 2.89. The fourth-order valence-corrected chi connectivity index (χ4v) is 1.21. The number of nitriles is 1. The van der Waals surface area contributed by atoms with E-state index in [1.807, 2.05) is 6.07 Å². The molecule has 0 aromatic carbocycles. The molecule has 0 aliphatic carbocycles. The Morgan fingerprint density at radius 1 is 1.64 bits per heavy atom. The Morgan fingerprint density at radius 2 is 2.29 bits per heavy atom. The summed E-state index contributed by atoms with van der Waals surface area (Å²) in [6.45, 7) is 1.84. The van der Waals surface area contributed by atoms with Gasteiger partial charge in [-0.2, -0.15) is 5.26 Å². The van der Waals surface area contributed by atoms with Crippen LogP contribution < -0.4 is 11.3 Å². The molecule has 0 saturated heterocycles. The maximum absolute atomic E-state index is 11.3. The lowest BCUT2D eigenvalue weighted by atomic mass is 10.1. The molecule has 0 aliphatic heterocycles. The van der Waals surface area contributed by atoms with Crippen molar-refractivity contribution in [2.45, 2.75) is 13.5 Å². The Morgan fingerprint density at radius 3 is 2.79 bits per heavy atom. The number of aromatic nitrogens is 1. The molecule has 74 valence electrons. The van der Waals surface area contributed by atoms with Gasteiger partial charge >= 0.3 is 0 Å². The third-order valence-electron chi connectivity index (χ3n) is 1.96. The standard InChI is InChI=1S/C9H11N3O2/c1-5-8(11)7(4-14-2)6(3-10)9(13)12-5/h4,11H2,1-2H3,(H,12,13). The lowest BCUT2D eigenvalue weighted by Gasteiger charge is -2.08. The van der Waals surface area contributed by atoms with Crippen molar-refractivity contribution in [3.05, 3.63) is 27.2 Å². The van der Waals surface area contributed by atoms with Crippen LogP contribution in [0.5, 0.6) is 0 Å². The van der Waals surface area contributed by atoms with Crippen molar-refractivity contribution in [3.8, 4) is 6.07 Å². The number of nitrogen functional groups attached to an aromatic ring is 1. The molecule has 14 heavy (non-hydrogen) atoms. The average Bonchev–Trinajstić information content (AvgIpc) is 2.14. The first-order valence-corrected chi connectivity index (χ1v) is 4.02. The largest absolute Gasteiger partial charge is 0.397 e. The third-order valence-corrected chi connectivity index (χ3v) is 1.96. The topological polar surface area (TPSA) is 91.9 Å². The molecule has 0 radical (unpaired) electrons. The van der Waals surface area contributed by atoms with Crippen LogP contribution in [0.1, 0.15) is 16.8 Å². The van der Waals surface area contributed by atoms with Gasteiger partial charge in [0.2, 0.25) is 0 Å². The van der Waals surface area contributed by atoms with Gasteiger partial charge in [0.25, 0.3) is 5.56 Å². The normalized spacial score (nSPS) is 9.79. The summed E-state index contributed by atoms with van der Waals surface area (Å²) in [7, 11) is 1.48. The van der Waals surface area contributed by atoms with Crippen LogP contribution in [0, 0.1) is 18.3 Å². The fourth-order valence-electron chi connectivity index (χ4n) is 1.21. The van der Waals surface area contributed by atoms with Gasteiger partial charge in [0.05, 0.1) is 12.3 Å². The number of hydrogen-bond acceptors (Lipinski definition) is 4. The highest BCUT2D eigenvalue weighted by Gasteiger charge is 2.12. The summed E-state index contributed by atoms with van der Waals surface area (Å²) >= 11 is 0. The molecule has 1 aromatic heterocycles. The Labute approximate surface area is 81.1 Å². The second-order valence-corrected chi connectivity index (χ2v) is 2.89. The summed E-state index contributed by atoms with van der Waals surface area (Å²) < 4.78 is 4.88. The molecule has 0 spiro atoms. The molecule has 5 heteroatoms. The van der Waals surface area contributed by atoms with Crippen LogP contribution in [-0.2, 0) is 11.3 Å². The van der Waals surface area contributed by atoms with Crippen molar-refractivity contribution in [1.29, 1.82) is 5.26 Å². The molecular weight excluding hydrogens is 182 g/mol. The van der Waals surface area contributed by atoms with Crippen LogP contribution in [0.3, 0.4) is 0 Å². The SMILES string of the molecule is COCc1c(N)c(C)[nH]c(=O)c1C#N. The zero-order chi connectivity index (χ0) is 10.7. The van der Waals surface area contributed by atoms with Crippen LogP contribution in [-0.4, -0.2) is 12.1 Å². The van der Waals surface area contributed by atoms with Crippen molar-refractivity contribution >= 4 is 5.69 Å². The average molecular weight is 193 g/mol. The molecular formula is C9H11N3O2. The summed E-state index contributed by atoms with van der Waals surface area (Å²) in [6.07, 6.45) is 0. The van der Waals surface area contributed by atoms with Crippen molar-refractivity contribution in [1.82, 2.24) is 4.98 Å². The summed E-state index contributed by atoms with van der Waals surface area (Å²) in [4.78, 5) is 13.8. The minimum absolute atomic E-state index is 0.0231. The predicted octanol–water partition coefficient (Wildman–Crippen LogP) is 0.284. The highest BCUT2D eigenvalue weighted by atomic mass is 16.5. The molecule has 1 rings (SSSR count). The minimum Gasteiger partial charge on any atom is -0.397 e. The van der Waals surface area contributed by atoms with E-state index < -0.39 is 5.56 Å². The molecule has 0 amide bonds. The van der Waals surface area contributed by atoms with Crippen molar-refractivity contribution in [2.75, 3.05) is 12.8 Å². The maximum Gasteiger partial charge on any atom is 0.266 e. The zero-order valence-corrected chi connectivity index (χ0v) is 8.05. The van der Waals surface area contributed by atoms with Gasteiger partial charge in [0, 0.05) is 18.4 Å². The Bertz CT molecular complexity index is 443. The molecule has 0 bridgehead atoms. The first kappa shape index (κ1) is 10.3. The monoisotopic (exact) mass is 193 g/mol. The Kier molecular flexibility index (Phi) is 2.89. The lowest BCUT2D eigenvalue weighted by molar-refractivity contribution is 0.185. The number of pyridine rings is 1. The van der Waals surface area contributed by atoms with Crippen LogP contribution in [0.15, 0.2) is 4.79 Å². The number of ether oxygens (including phenoxy) is 1. The van der Waals surface area contributed by atoms with E-state index in [2.05, 4.69) is 4.98 Å². The number of aromatic amines is 1. The second kappa shape index (κ2) is 3.94. The number of anilines is 1. The van der Waals surface area contributed by atoms with Gasteiger partial charge in [0.15, 0.2) is 0 Å². The van der Waals surface area contributed by atoms with E-state index >= 15 is 0 Å². The summed E-state index contributed by atoms with van der Waals surface area (Å²) in [5, 5.41) is 8.76. The Balaban J connectivity index is 3.50. The van der Waals surface area contributed by atoms with Crippen LogP contribution in [0.4, 0.5) is 5.69 Å². The zero-order valence-electron chi connectivity index (χ0n) is 8.05. The summed E-state index contributed by atoms with van der Waals surface area (Å²) in [6, 6.07) is 1.81. The number of hydrogen-bond donors (Lipinski definition) is 2. The summed E-state index contributed by atoms with van der Waals surface area (Å²) in [5.74, 6) is 0. The van der Waals surface area contributed by atoms with E-state index in [9.17, 15) is 4.79 Å². The van der Waals surface area contributed by atoms with Gasteiger partial charge in [-0.15, -0.1) is 0 Å². The van der Waals surface area contributed by atoms with Crippen molar-refractivity contribution in [3.63, 3.8) is 0 Å². The van der Waals surface area contributed by atoms with Gasteiger partial charge in [0.1, 0.15) is 11.6 Å². The Hall–Kier alpha value is -1.80. The van der Waals surface area contributed by atoms with Crippen molar-refractivity contribution < 1.29 is 4.74 Å². The predicted molar refractivity (Wildman–Crippen MR) is 51.6 cm³/mol. The first-order valence-electron chi connectivity index (χ1n) is 4.02.